The van der Waals surface area contributed by atoms with Gasteiger partial charge in [-0.25, -0.2) is 0 Å². The van der Waals surface area contributed by atoms with Crippen LogP contribution in [0.25, 0.3) is 0 Å². The normalized spacial score (nSPS) is 27.8. The Hall–Kier alpha value is -1.22. The molecule has 0 aromatic heterocycles. The van der Waals surface area contributed by atoms with E-state index in [1.54, 1.807) is 7.11 Å². The smallest absolute Gasteiger partial charge is 0.142 e. The minimum atomic E-state index is 0.838. The zero-order valence-electron chi connectivity index (χ0n) is 12.7. The number of hydrogen-bond acceptors (Lipinski definition) is 3. The van der Waals surface area contributed by atoms with Crippen LogP contribution in [0.5, 0.6) is 5.75 Å². The van der Waals surface area contributed by atoms with Crippen molar-refractivity contribution >= 4 is 5.69 Å². The minimum Gasteiger partial charge on any atom is -0.495 e. The molecule has 0 bridgehead atoms. The van der Waals surface area contributed by atoms with Crippen LogP contribution in [-0.4, -0.2) is 44.2 Å². The average molecular weight is 274 g/mol. The lowest BCUT2D eigenvalue weighted by Gasteiger charge is -2.39. The highest BCUT2D eigenvalue weighted by atomic mass is 16.5. The summed E-state index contributed by atoms with van der Waals surface area (Å²) >= 11 is 0. The van der Waals surface area contributed by atoms with E-state index in [0.717, 1.165) is 30.8 Å². The number of piperazine rings is 1. The van der Waals surface area contributed by atoms with Crippen molar-refractivity contribution in [3.63, 3.8) is 0 Å². The first-order valence-electron chi connectivity index (χ1n) is 7.90. The van der Waals surface area contributed by atoms with E-state index in [4.69, 9.17) is 4.74 Å². The molecule has 0 amide bonds. The van der Waals surface area contributed by atoms with Gasteiger partial charge in [0.25, 0.3) is 0 Å². The largest absolute Gasteiger partial charge is 0.495 e. The molecule has 2 aliphatic rings. The fourth-order valence-corrected chi connectivity index (χ4v) is 3.73. The first-order chi connectivity index (χ1) is 9.78. The van der Waals surface area contributed by atoms with Crippen LogP contribution in [-0.2, 0) is 0 Å². The first kappa shape index (κ1) is 13.7. The van der Waals surface area contributed by atoms with E-state index in [0.29, 0.717) is 0 Å². The van der Waals surface area contributed by atoms with Crippen LogP contribution in [0.1, 0.15) is 26.2 Å². The Kier molecular flexibility index (Phi) is 4.16. The summed E-state index contributed by atoms with van der Waals surface area (Å²) < 4.78 is 5.48. The van der Waals surface area contributed by atoms with Crippen molar-refractivity contribution in [1.29, 1.82) is 0 Å². The molecule has 1 heterocycles. The number of rotatable bonds is 3. The van der Waals surface area contributed by atoms with Crippen LogP contribution in [0.4, 0.5) is 5.69 Å². The van der Waals surface area contributed by atoms with Crippen LogP contribution in [0, 0.1) is 5.92 Å². The molecule has 1 aliphatic carbocycles. The summed E-state index contributed by atoms with van der Waals surface area (Å²) in [5.74, 6) is 1.92. The molecule has 3 heteroatoms. The second-order valence-electron chi connectivity index (χ2n) is 6.27. The summed E-state index contributed by atoms with van der Waals surface area (Å²) in [6.07, 6.45) is 4.21. The van der Waals surface area contributed by atoms with Gasteiger partial charge in [0, 0.05) is 32.2 Å². The number of methoxy groups -OCH3 is 1. The molecule has 3 nitrogen and oxygen atoms in total. The molecular weight excluding hydrogens is 248 g/mol. The quantitative estimate of drug-likeness (QED) is 0.842. The van der Waals surface area contributed by atoms with E-state index in [2.05, 4.69) is 34.9 Å². The molecule has 0 spiro atoms. The van der Waals surface area contributed by atoms with Crippen LogP contribution < -0.4 is 9.64 Å². The second kappa shape index (κ2) is 6.04. The van der Waals surface area contributed by atoms with Crippen LogP contribution in [0.3, 0.4) is 0 Å². The molecule has 1 aromatic carbocycles. The van der Waals surface area contributed by atoms with Crippen molar-refractivity contribution in [2.45, 2.75) is 32.2 Å². The van der Waals surface area contributed by atoms with Gasteiger partial charge in [-0.15, -0.1) is 0 Å². The van der Waals surface area contributed by atoms with Crippen molar-refractivity contribution in [3.8, 4) is 5.75 Å². The predicted molar refractivity (Wildman–Crippen MR) is 83.6 cm³/mol. The van der Waals surface area contributed by atoms with Gasteiger partial charge in [-0.05, 0) is 37.3 Å². The summed E-state index contributed by atoms with van der Waals surface area (Å²) in [6.45, 7) is 7.01. The maximum Gasteiger partial charge on any atom is 0.142 e. The van der Waals surface area contributed by atoms with Gasteiger partial charge >= 0.3 is 0 Å². The van der Waals surface area contributed by atoms with E-state index in [1.165, 1.54) is 38.0 Å². The molecule has 0 N–H and O–H groups in total. The Morgan fingerprint density at radius 1 is 1.05 bits per heavy atom. The summed E-state index contributed by atoms with van der Waals surface area (Å²) in [5, 5.41) is 0. The predicted octanol–water partition coefficient (Wildman–Crippen LogP) is 3.01. The van der Waals surface area contributed by atoms with Gasteiger partial charge in [0.15, 0.2) is 0 Å². The van der Waals surface area contributed by atoms with Gasteiger partial charge in [0.05, 0.1) is 12.8 Å². The molecule has 1 aliphatic heterocycles. The zero-order chi connectivity index (χ0) is 13.9. The lowest BCUT2D eigenvalue weighted by Crippen LogP contribution is -2.49. The third-order valence-corrected chi connectivity index (χ3v) is 4.92. The number of benzene rings is 1. The molecular formula is C17H26N2O. The van der Waals surface area contributed by atoms with Gasteiger partial charge in [0.1, 0.15) is 5.75 Å². The third-order valence-electron chi connectivity index (χ3n) is 4.92. The van der Waals surface area contributed by atoms with Gasteiger partial charge in [-0.3, -0.25) is 4.90 Å². The SMILES string of the molecule is COc1ccccc1N1CCN(C2CCC(C)C2)CC1. The van der Waals surface area contributed by atoms with Gasteiger partial charge in [-0.2, -0.15) is 0 Å². The van der Waals surface area contributed by atoms with E-state index in [-0.39, 0.29) is 0 Å². The van der Waals surface area contributed by atoms with E-state index in [1.807, 2.05) is 6.07 Å². The Balaban J connectivity index is 1.61. The number of hydrogen-bond donors (Lipinski definition) is 0. The number of para-hydroxylation sites is 2. The number of nitrogens with zero attached hydrogens (tertiary/aromatic N) is 2. The summed E-state index contributed by atoms with van der Waals surface area (Å²) in [5.41, 5.74) is 1.24. The fraction of sp³-hybridized carbons (Fsp3) is 0.647. The van der Waals surface area contributed by atoms with Crippen molar-refractivity contribution in [2.24, 2.45) is 5.92 Å². The molecule has 1 saturated carbocycles. The van der Waals surface area contributed by atoms with Crippen LogP contribution in [0.15, 0.2) is 24.3 Å². The van der Waals surface area contributed by atoms with Crippen molar-refractivity contribution < 1.29 is 4.74 Å². The highest BCUT2D eigenvalue weighted by Crippen LogP contribution is 2.32. The molecule has 2 fully saturated rings. The first-order valence-corrected chi connectivity index (χ1v) is 7.90. The Bertz CT molecular complexity index is 440. The highest BCUT2D eigenvalue weighted by Gasteiger charge is 2.29. The molecule has 1 saturated heterocycles. The van der Waals surface area contributed by atoms with Crippen molar-refractivity contribution in [1.82, 2.24) is 4.90 Å². The molecule has 3 rings (SSSR count). The second-order valence-corrected chi connectivity index (χ2v) is 6.27. The molecule has 1 aromatic rings. The van der Waals surface area contributed by atoms with Gasteiger partial charge in [0.2, 0.25) is 0 Å². The van der Waals surface area contributed by atoms with Crippen molar-refractivity contribution in [2.75, 3.05) is 38.2 Å². The minimum absolute atomic E-state index is 0.838. The van der Waals surface area contributed by atoms with E-state index < -0.39 is 0 Å². The highest BCUT2D eigenvalue weighted by molar-refractivity contribution is 5.58. The van der Waals surface area contributed by atoms with Crippen LogP contribution >= 0.6 is 0 Å². The third kappa shape index (κ3) is 2.78. The monoisotopic (exact) mass is 274 g/mol. The van der Waals surface area contributed by atoms with Crippen LogP contribution in [0.2, 0.25) is 0 Å². The standard InChI is InChI=1S/C17H26N2O/c1-14-7-8-15(13-14)18-9-11-19(12-10-18)16-5-3-4-6-17(16)20-2/h3-6,14-15H,7-13H2,1-2H3. The molecule has 2 unspecified atom stereocenters. The van der Waals surface area contributed by atoms with E-state index >= 15 is 0 Å². The summed E-state index contributed by atoms with van der Waals surface area (Å²) in [6, 6.07) is 9.21. The average Bonchev–Trinajstić information content (AvgIpc) is 2.94. The fourth-order valence-electron chi connectivity index (χ4n) is 3.73. The van der Waals surface area contributed by atoms with Gasteiger partial charge < -0.3 is 9.64 Å². The molecule has 110 valence electrons. The summed E-state index contributed by atoms with van der Waals surface area (Å²) in [7, 11) is 1.76. The van der Waals surface area contributed by atoms with Crippen molar-refractivity contribution in [3.05, 3.63) is 24.3 Å². The summed E-state index contributed by atoms with van der Waals surface area (Å²) in [4.78, 5) is 5.17. The Morgan fingerprint density at radius 3 is 2.45 bits per heavy atom. The number of ether oxygens (including phenoxy) is 1. The Morgan fingerprint density at radius 2 is 1.80 bits per heavy atom. The van der Waals surface area contributed by atoms with Gasteiger partial charge in [-0.1, -0.05) is 19.1 Å². The Labute approximate surface area is 122 Å². The lowest BCUT2D eigenvalue weighted by molar-refractivity contribution is 0.184. The maximum atomic E-state index is 5.48. The topological polar surface area (TPSA) is 15.7 Å². The molecule has 0 radical (unpaired) electrons. The lowest BCUT2D eigenvalue weighted by atomic mass is 10.1. The zero-order valence-corrected chi connectivity index (χ0v) is 12.7. The van der Waals surface area contributed by atoms with E-state index in [9.17, 15) is 0 Å². The molecule has 20 heavy (non-hydrogen) atoms. The molecule has 2 atom stereocenters. The number of anilines is 1. The maximum absolute atomic E-state index is 5.48.